The Morgan fingerprint density at radius 1 is 1.45 bits per heavy atom. The second-order valence-corrected chi connectivity index (χ2v) is 5.18. The Labute approximate surface area is 125 Å². The normalized spacial score (nSPS) is 15.8. The Bertz CT molecular complexity index is 714. The van der Waals surface area contributed by atoms with Crippen molar-refractivity contribution in [3.63, 3.8) is 0 Å². The molecular formula is C14H16FN5O2. The van der Waals surface area contributed by atoms with E-state index in [1.165, 1.54) is 12.1 Å². The van der Waals surface area contributed by atoms with Gasteiger partial charge in [0.05, 0.1) is 30.7 Å². The van der Waals surface area contributed by atoms with Gasteiger partial charge in [0, 0.05) is 13.1 Å². The number of hydrogen-bond acceptors (Lipinski definition) is 4. The van der Waals surface area contributed by atoms with E-state index in [0.717, 1.165) is 0 Å². The quantitative estimate of drug-likeness (QED) is 0.726. The van der Waals surface area contributed by atoms with Crippen LogP contribution in [0.3, 0.4) is 0 Å². The number of halogens is 1. The van der Waals surface area contributed by atoms with Crippen LogP contribution in [0.15, 0.2) is 18.2 Å². The van der Waals surface area contributed by atoms with Crippen LogP contribution < -0.4 is 10.6 Å². The average Bonchev–Trinajstić information content (AvgIpc) is 2.87. The SMILES string of the molecule is O=C1CN(CC(=O)NCc2nc3ccc(F)cc3[nH]2)CCN1. The van der Waals surface area contributed by atoms with Gasteiger partial charge in [0.2, 0.25) is 11.8 Å². The zero-order valence-corrected chi connectivity index (χ0v) is 11.9. The maximum atomic E-state index is 13.1. The van der Waals surface area contributed by atoms with Gasteiger partial charge < -0.3 is 15.6 Å². The molecule has 1 fully saturated rings. The summed E-state index contributed by atoms with van der Waals surface area (Å²) < 4.78 is 13.1. The summed E-state index contributed by atoms with van der Waals surface area (Å²) in [6.07, 6.45) is 0. The molecule has 0 unspecified atom stereocenters. The standard InChI is InChI=1S/C14H16FN5O2/c15-9-1-2-10-11(5-9)19-12(18-10)6-17-14(22)8-20-4-3-16-13(21)7-20/h1-2,5H,3-4,6-8H2,(H,16,21)(H,17,22)(H,18,19). The minimum atomic E-state index is -0.338. The number of carbonyl (C=O) groups excluding carboxylic acids is 2. The number of aromatic amines is 1. The monoisotopic (exact) mass is 305 g/mol. The van der Waals surface area contributed by atoms with Crippen LogP contribution in [0.2, 0.25) is 0 Å². The number of rotatable bonds is 4. The number of fused-ring (bicyclic) bond motifs is 1. The Hall–Kier alpha value is -2.48. The predicted octanol–water partition coefficient (Wildman–Crippen LogP) is -0.250. The third kappa shape index (κ3) is 3.40. The van der Waals surface area contributed by atoms with Crippen molar-refractivity contribution in [2.24, 2.45) is 0 Å². The zero-order chi connectivity index (χ0) is 15.5. The van der Waals surface area contributed by atoms with Crippen molar-refractivity contribution >= 4 is 22.8 Å². The summed E-state index contributed by atoms with van der Waals surface area (Å²) in [6.45, 7) is 1.85. The van der Waals surface area contributed by atoms with Crippen LogP contribution in [-0.2, 0) is 16.1 Å². The molecule has 0 atom stereocenters. The van der Waals surface area contributed by atoms with E-state index in [0.29, 0.717) is 29.9 Å². The molecule has 0 radical (unpaired) electrons. The van der Waals surface area contributed by atoms with E-state index < -0.39 is 0 Å². The Balaban J connectivity index is 1.54. The van der Waals surface area contributed by atoms with Gasteiger partial charge in [-0.1, -0.05) is 0 Å². The first-order valence-electron chi connectivity index (χ1n) is 7.00. The first-order valence-corrected chi connectivity index (χ1v) is 7.00. The summed E-state index contributed by atoms with van der Waals surface area (Å²) in [7, 11) is 0. The maximum Gasteiger partial charge on any atom is 0.234 e. The molecule has 1 aliphatic heterocycles. The van der Waals surface area contributed by atoms with Crippen molar-refractivity contribution in [1.29, 1.82) is 0 Å². The Morgan fingerprint density at radius 3 is 3.14 bits per heavy atom. The third-order valence-corrected chi connectivity index (χ3v) is 3.43. The molecule has 22 heavy (non-hydrogen) atoms. The van der Waals surface area contributed by atoms with Crippen LogP contribution in [0.4, 0.5) is 4.39 Å². The third-order valence-electron chi connectivity index (χ3n) is 3.43. The molecule has 2 heterocycles. The van der Waals surface area contributed by atoms with Crippen molar-refractivity contribution in [2.45, 2.75) is 6.54 Å². The number of nitrogens with one attached hydrogen (secondary N) is 3. The summed E-state index contributed by atoms with van der Waals surface area (Å²) in [5.41, 5.74) is 1.25. The van der Waals surface area contributed by atoms with Gasteiger partial charge in [0.15, 0.2) is 0 Å². The van der Waals surface area contributed by atoms with E-state index >= 15 is 0 Å². The molecule has 0 spiro atoms. The molecule has 7 nitrogen and oxygen atoms in total. The summed E-state index contributed by atoms with van der Waals surface area (Å²) in [6, 6.07) is 4.28. The van der Waals surface area contributed by atoms with Crippen molar-refractivity contribution in [2.75, 3.05) is 26.2 Å². The van der Waals surface area contributed by atoms with Crippen LogP contribution in [0.1, 0.15) is 5.82 Å². The van der Waals surface area contributed by atoms with Gasteiger partial charge in [-0.15, -0.1) is 0 Å². The number of carbonyl (C=O) groups is 2. The van der Waals surface area contributed by atoms with Crippen LogP contribution >= 0.6 is 0 Å². The molecule has 3 N–H and O–H groups in total. The smallest absolute Gasteiger partial charge is 0.234 e. The van der Waals surface area contributed by atoms with E-state index in [1.807, 2.05) is 0 Å². The highest BCUT2D eigenvalue weighted by Gasteiger charge is 2.18. The fourth-order valence-electron chi connectivity index (χ4n) is 2.39. The molecule has 2 amide bonds. The number of aromatic nitrogens is 2. The lowest BCUT2D eigenvalue weighted by Crippen LogP contribution is -2.50. The van der Waals surface area contributed by atoms with E-state index in [-0.39, 0.29) is 37.3 Å². The number of imidazole rings is 1. The fourth-order valence-corrected chi connectivity index (χ4v) is 2.39. The van der Waals surface area contributed by atoms with Gasteiger partial charge in [-0.25, -0.2) is 9.37 Å². The highest BCUT2D eigenvalue weighted by molar-refractivity contribution is 5.82. The second-order valence-electron chi connectivity index (χ2n) is 5.18. The lowest BCUT2D eigenvalue weighted by molar-refractivity contribution is -0.127. The summed E-state index contributed by atoms with van der Waals surface area (Å²) in [5, 5.41) is 5.44. The van der Waals surface area contributed by atoms with Crippen LogP contribution in [0, 0.1) is 5.82 Å². The molecule has 1 aliphatic rings. The summed E-state index contributed by atoms with van der Waals surface area (Å²) in [5.74, 6) is -0.0276. The van der Waals surface area contributed by atoms with E-state index in [9.17, 15) is 14.0 Å². The number of amides is 2. The van der Waals surface area contributed by atoms with Gasteiger partial charge in [-0.2, -0.15) is 0 Å². The topological polar surface area (TPSA) is 90.1 Å². The van der Waals surface area contributed by atoms with Gasteiger partial charge in [-0.3, -0.25) is 14.5 Å². The van der Waals surface area contributed by atoms with Gasteiger partial charge in [-0.05, 0) is 18.2 Å². The first-order chi connectivity index (χ1) is 10.6. The molecule has 1 aromatic carbocycles. The van der Waals surface area contributed by atoms with Crippen LogP contribution in [0.5, 0.6) is 0 Å². The highest BCUT2D eigenvalue weighted by atomic mass is 19.1. The second kappa shape index (κ2) is 6.10. The first kappa shape index (κ1) is 14.5. The molecule has 0 saturated carbocycles. The predicted molar refractivity (Wildman–Crippen MR) is 77.3 cm³/mol. The molecule has 3 rings (SSSR count). The minimum absolute atomic E-state index is 0.0710. The van der Waals surface area contributed by atoms with Gasteiger partial charge in [0.1, 0.15) is 11.6 Å². The molecule has 0 aliphatic carbocycles. The highest BCUT2D eigenvalue weighted by Crippen LogP contribution is 2.12. The number of H-pyrrole nitrogens is 1. The van der Waals surface area contributed by atoms with Crippen LogP contribution in [0.25, 0.3) is 11.0 Å². The van der Waals surface area contributed by atoms with Gasteiger partial charge >= 0.3 is 0 Å². The summed E-state index contributed by atoms with van der Waals surface area (Å²) >= 11 is 0. The lowest BCUT2D eigenvalue weighted by Gasteiger charge is -2.25. The average molecular weight is 305 g/mol. The number of hydrogen-bond donors (Lipinski definition) is 3. The fraction of sp³-hybridized carbons (Fsp3) is 0.357. The minimum Gasteiger partial charge on any atom is -0.354 e. The van der Waals surface area contributed by atoms with Crippen molar-refractivity contribution in [3.8, 4) is 0 Å². The van der Waals surface area contributed by atoms with E-state index in [1.54, 1.807) is 11.0 Å². The molecule has 1 aromatic heterocycles. The largest absolute Gasteiger partial charge is 0.354 e. The van der Waals surface area contributed by atoms with E-state index in [2.05, 4.69) is 20.6 Å². The van der Waals surface area contributed by atoms with Crippen molar-refractivity contribution in [1.82, 2.24) is 25.5 Å². The van der Waals surface area contributed by atoms with Crippen LogP contribution in [-0.4, -0.2) is 52.9 Å². The molecule has 8 heteroatoms. The Kier molecular flexibility index (Phi) is 4.01. The molecule has 2 aromatic rings. The molecule has 0 bridgehead atoms. The Morgan fingerprint density at radius 2 is 2.32 bits per heavy atom. The number of benzene rings is 1. The van der Waals surface area contributed by atoms with Gasteiger partial charge in [0.25, 0.3) is 0 Å². The maximum absolute atomic E-state index is 13.1. The molecule has 116 valence electrons. The number of nitrogens with zero attached hydrogens (tertiary/aromatic N) is 2. The molecule has 1 saturated heterocycles. The number of piperazine rings is 1. The zero-order valence-electron chi connectivity index (χ0n) is 11.9. The van der Waals surface area contributed by atoms with E-state index in [4.69, 9.17) is 0 Å². The lowest BCUT2D eigenvalue weighted by atomic mass is 10.3. The van der Waals surface area contributed by atoms with Crippen molar-refractivity contribution in [3.05, 3.63) is 29.8 Å². The summed E-state index contributed by atoms with van der Waals surface area (Å²) in [4.78, 5) is 32.1. The van der Waals surface area contributed by atoms with Crippen molar-refractivity contribution < 1.29 is 14.0 Å². The molecular weight excluding hydrogens is 289 g/mol.